The van der Waals surface area contributed by atoms with Gasteiger partial charge in [0, 0.05) is 41.5 Å². The molecule has 0 atom stereocenters. The number of aromatic amines is 1. The van der Waals surface area contributed by atoms with Gasteiger partial charge in [-0.3, -0.25) is 4.79 Å². The van der Waals surface area contributed by atoms with E-state index in [9.17, 15) is 4.79 Å². The molecule has 5 nitrogen and oxygen atoms in total. The Kier molecular flexibility index (Phi) is 3.82. The van der Waals surface area contributed by atoms with Crippen molar-refractivity contribution < 1.29 is 4.79 Å². The lowest BCUT2D eigenvalue weighted by Crippen LogP contribution is -2.27. The van der Waals surface area contributed by atoms with Crippen LogP contribution < -0.4 is 5.73 Å². The molecule has 3 N–H and O–H groups in total. The number of hydrogen-bond acceptors (Lipinski definition) is 4. The molecule has 24 heavy (non-hydrogen) atoms. The van der Waals surface area contributed by atoms with Crippen LogP contribution in [0.2, 0.25) is 0 Å². The van der Waals surface area contributed by atoms with E-state index in [1.54, 1.807) is 11.3 Å². The number of carbonyl (C=O) groups excluding carboxylic acids is 1. The number of anilines is 1. The molecule has 0 aliphatic carbocycles. The standard InChI is InChI=1S/C18H18N4OS/c19-14-5-3-4-12(8-14)17-21-16(11-24-17)13-9-15(20-10-13)18(23)22-6-1-2-7-22/h3-5,8-11,20H,1-2,6-7,19H2. The SMILES string of the molecule is Nc1cccc(-c2nc(-c3c[nH]c(C(=O)N4CCCC4)c3)cs2)c1. The van der Waals surface area contributed by atoms with Crippen LogP contribution in [0.15, 0.2) is 41.9 Å². The molecule has 0 unspecified atom stereocenters. The van der Waals surface area contributed by atoms with Crippen molar-refractivity contribution in [1.82, 2.24) is 14.9 Å². The summed E-state index contributed by atoms with van der Waals surface area (Å²) in [5.74, 6) is 0.0741. The van der Waals surface area contributed by atoms with Crippen LogP contribution in [0, 0.1) is 0 Å². The Bertz CT molecular complexity index is 877. The molecule has 3 aromatic rings. The van der Waals surface area contributed by atoms with Crippen LogP contribution in [0.1, 0.15) is 23.3 Å². The number of nitrogens with zero attached hydrogens (tertiary/aromatic N) is 2. The molecule has 3 heterocycles. The zero-order valence-corrected chi connectivity index (χ0v) is 14.0. The topological polar surface area (TPSA) is 75.0 Å². The molecule has 1 aromatic carbocycles. The summed E-state index contributed by atoms with van der Waals surface area (Å²) in [7, 11) is 0. The summed E-state index contributed by atoms with van der Waals surface area (Å²) in [6.07, 6.45) is 4.03. The molecule has 2 aromatic heterocycles. The second-order valence-electron chi connectivity index (χ2n) is 5.96. The highest BCUT2D eigenvalue weighted by atomic mass is 32.1. The van der Waals surface area contributed by atoms with Gasteiger partial charge in [0.2, 0.25) is 0 Å². The summed E-state index contributed by atoms with van der Waals surface area (Å²) in [6, 6.07) is 9.59. The first-order valence-electron chi connectivity index (χ1n) is 8.00. The molecule has 0 bridgehead atoms. The van der Waals surface area contributed by atoms with Gasteiger partial charge >= 0.3 is 0 Å². The van der Waals surface area contributed by atoms with Crippen LogP contribution in [0.25, 0.3) is 21.8 Å². The summed E-state index contributed by atoms with van der Waals surface area (Å²) >= 11 is 1.57. The first kappa shape index (κ1) is 15.0. The van der Waals surface area contributed by atoms with Gasteiger partial charge in [0.05, 0.1) is 5.69 Å². The quantitative estimate of drug-likeness (QED) is 0.716. The van der Waals surface area contributed by atoms with Gasteiger partial charge in [-0.05, 0) is 31.0 Å². The lowest BCUT2D eigenvalue weighted by atomic mass is 10.2. The molecule has 6 heteroatoms. The third-order valence-corrected chi connectivity index (χ3v) is 5.13. The Balaban J connectivity index is 1.58. The fourth-order valence-electron chi connectivity index (χ4n) is 2.97. The molecule has 4 rings (SSSR count). The van der Waals surface area contributed by atoms with E-state index in [0.717, 1.165) is 53.4 Å². The average Bonchev–Trinajstić information content (AvgIpc) is 3.34. The molecule has 1 saturated heterocycles. The number of aromatic nitrogens is 2. The van der Waals surface area contributed by atoms with Crippen LogP contribution >= 0.6 is 11.3 Å². The maximum atomic E-state index is 12.4. The van der Waals surface area contributed by atoms with E-state index in [2.05, 4.69) is 9.97 Å². The van der Waals surface area contributed by atoms with Crippen LogP contribution in [0.4, 0.5) is 5.69 Å². The second kappa shape index (κ2) is 6.13. The van der Waals surface area contributed by atoms with E-state index in [1.807, 2.05) is 46.8 Å². The fourth-order valence-corrected chi connectivity index (χ4v) is 3.79. The van der Waals surface area contributed by atoms with Crippen molar-refractivity contribution in [1.29, 1.82) is 0 Å². The Morgan fingerprint density at radius 3 is 2.83 bits per heavy atom. The Hall–Kier alpha value is -2.60. The van der Waals surface area contributed by atoms with Gasteiger partial charge in [0.1, 0.15) is 10.7 Å². The maximum absolute atomic E-state index is 12.4. The van der Waals surface area contributed by atoms with Gasteiger partial charge in [-0.15, -0.1) is 11.3 Å². The molecule has 1 fully saturated rings. The zero-order valence-electron chi connectivity index (χ0n) is 13.2. The van der Waals surface area contributed by atoms with Crippen LogP contribution in [0.5, 0.6) is 0 Å². The predicted octanol–water partition coefficient (Wildman–Crippen LogP) is 3.62. The minimum absolute atomic E-state index is 0.0741. The highest BCUT2D eigenvalue weighted by Crippen LogP contribution is 2.30. The number of nitrogen functional groups attached to an aromatic ring is 1. The minimum Gasteiger partial charge on any atom is -0.399 e. The monoisotopic (exact) mass is 338 g/mol. The Morgan fingerprint density at radius 2 is 2.04 bits per heavy atom. The van der Waals surface area contributed by atoms with E-state index in [-0.39, 0.29) is 5.91 Å². The number of carbonyl (C=O) groups is 1. The molecule has 0 spiro atoms. The second-order valence-corrected chi connectivity index (χ2v) is 6.82. The van der Waals surface area contributed by atoms with E-state index in [1.165, 1.54) is 0 Å². The summed E-state index contributed by atoms with van der Waals surface area (Å²) in [6.45, 7) is 1.70. The molecule has 0 radical (unpaired) electrons. The lowest BCUT2D eigenvalue weighted by Gasteiger charge is -2.13. The van der Waals surface area contributed by atoms with Crippen molar-refractivity contribution in [2.75, 3.05) is 18.8 Å². The first-order chi connectivity index (χ1) is 11.7. The average molecular weight is 338 g/mol. The Morgan fingerprint density at radius 1 is 1.21 bits per heavy atom. The number of rotatable bonds is 3. The minimum atomic E-state index is 0.0741. The van der Waals surface area contributed by atoms with Gasteiger partial charge in [-0.1, -0.05) is 12.1 Å². The number of nitrogens with two attached hydrogens (primary N) is 1. The van der Waals surface area contributed by atoms with Gasteiger partial charge < -0.3 is 15.6 Å². The molecule has 1 aliphatic heterocycles. The van der Waals surface area contributed by atoms with E-state index < -0.39 is 0 Å². The van der Waals surface area contributed by atoms with Crippen LogP contribution in [-0.4, -0.2) is 33.9 Å². The zero-order chi connectivity index (χ0) is 16.5. The summed E-state index contributed by atoms with van der Waals surface area (Å²) in [5.41, 5.74) is 10.0. The van der Waals surface area contributed by atoms with Crippen molar-refractivity contribution in [2.24, 2.45) is 0 Å². The van der Waals surface area contributed by atoms with Gasteiger partial charge in [0.15, 0.2) is 0 Å². The molecular formula is C18H18N4OS. The molecule has 0 saturated carbocycles. The highest BCUT2D eigenvalue weighted by Gasteiger charge is 2.21. The third-order valence-electron chi connectivity index (χ3n) is 4.24. The van der Waals surface area contributed by atoms with Crippen molar-refractivity contribution >= 4 is 22.9 Å². The first-order valence-corrected chi connectivity index (χ1v) is 8.88. The molecule has 1 amide bonds. The molecule has 122 valence electrons. The van der Waals surface area contributed by atoms with Gasteiger partial charge in [-0.25, -0.2) is 4.98 Å². The van der Waals surface area contributed by atoms with Crippen molar-refractivity contribution in [2.45, 2.75) is 12.8 Å². The van der Waals surface area contributed by atoms with Crippen molar-refractivity contribution in [3.63, 3.8) is 0 Å². The smallest absolute Gasteiger partial charge is 0.270 e. The van der Waals surface area contributed by atoms with E-state index in [4.69, 9.17) is 5.73 Å². The molecule has 1 aliphatic rings. The van der Waals surface area contributed by atoms with E-state index in [0.29, 0.717) is 5.69 Å². The number of H-pyrrole nitrogens is 1. The fraction of sp³-hybridized carbons (Fsp3) is 0.222. The lowest BCUT2D eigenvalue weighted by molar-refractivity contribution is 0.0788. The summed E-state index contributed by atoms with van der Waals surface area (Å²) in [5, 5.41) is 2.93. The number of thiazole rings is 1. The maximum Gasteiger partial charge on any atom is 0.270 e. The molecular weight excluding hydrogens is 320 g/mol. The number of amides is 1. The van der Waals surface area contributed by atoms with E-state index >= 15 is 0 Å². The Labute approximate surface area is 144 Å². The number of benzene rings is 1. The largest absolute Gasteiger partial charge is 0.399 e. The predicted molar refractivity (Wildman–Crippen MR) is 96.9 cm³/mol. The van der Waals surface area contributed by atoms with Crippen LogP contribution in [-0.2, 0) is 0 Å². The van der Waals surface area contributed by atoms with Crippen molar-refractivity contribution in [3.05, 3.63) is 47.6 Å². The third kappa shape index (κ3) is 2.80. The summed E-state index contributed by atoms with van der Waals surface area (Å²) < 4.78 is 0. The van der Waals surface area contributed by atoms with Crippen LogP contribution in [0.3, 0.4) is 0 Å². The summed E-state index contributed by atoms with van der Waals surface area (Å²) in [4.78, 5) is 22.1. The number of hydrogen-bond donors (Lipinski definition) is 2. The van der Waals surface area contributed by atoms with Gasteiger partial charge in [-0.2, -0.15) is 0 Å². The highest BCUT2D eigenvalue weighted by molar-refractivity contribution is 7.13. The van der Waals surface area contributed by atoms with Gasteiger partial charge in [0.25, 0.3) is 5.91 Å². The number of likely N-dealkylation sites (tertiary alicyclic amines) is 1. The number of nitrogens with one attached hydrogen (secondary N) is 1. The normalized spacial score (nSPS) is 14.2. The van der Waals surface area contributed by atoms with Crippen molar-refractivity contribution in [3.8, 4) is 21.8 Å².